The largest absolute Gasteiger partial charge is 0.511 e. The fourth-order valence-corrected chi connectivity index (χ4v) is 1.01. The Bertz CT molecular complexity index is 426. The molecule has 1 rings (SSSR count). The maximum atomic E-state index is 11.4. The second-order valence-corrected chi connectivity index (χ2v) is 2.89. The number of aliphatic hydroxyl groups is 1. The summed E-state index contributed by atoms with van der Waals surface area (Å²) in [6.07, 6.45) is 0. The Labute approximate surface area is 87.5 Å². The number of para-hydroxylation sites is 1. The van der Waals surface area contributed by atoms with Gasteiger partial charge >= 0.3 is 0 Å². The highest BCUT2D eigenvalue weighted by atomic mass is 16.3. The number of nitriles is 1. The second-order valence-electron chi connectivity index (χ2n) is 2.89. The van der Waals surface area contributed by atoms with Crippen LogP contribution < -0.4 is 5.32 Å². The molecule has 0 unspecified atom stereocenters. The van der Waals surface area contributed by atoms with Gasteiger partial charge in [0.25, 0.3) is 5.91 Å². The van der Waals surface area contributed by atoms with Gasteiger partial charge in [-0.15, -0.1) is 0 Å². The molecule has 0 fully saturated rings. The molecule has 1 aromatic rings. The smallest absolute Gasteiger partial charge is 0.269 e. The Morgan fingerprint density at radius 3 is 2.47 bits per heavy atom. The number of carbonyl (C=O) groups is 1. The highest BCUT2D eigenvalue weighted by molar-refractivity contribution is 6.06. The molecule has 0 aromatic heterocycles. The zero-order valence-corrected chi connectivity index (χ0v) is 8.19. The summed E-state index contributed by atoms with van der Waals surface area (Å²) in [5, 5.41) is 20.2. The van der Waals surface area contributed by atoms with Gasteiger partial charge in [0.1, 0.15) is 11.8 Å². The molecule has 0 spiro atoms. The fraction of sp³-hybridized carbons (Fsp3) is 0.0909. The van der Waals surface area contributed by atoms with Crippen LogP contribution in [0.2, 0.25) is 0 Å². The van der Waals surface area contributed by atoms with E-state index in [2.05, 4.69) is 5.32 Å². The molecule has 76 valence electrons. The molecule has 0 heterocycles. The Morgan fingerprint density at radius 2 is 2.00 bits per heavy atom. The Balaban J connectivity index is 2.82. The van der Waals surface area contributed by atoms with Gasteiger partial charge < -0.3 is 10.4 Å². The van der Waals surface area contributed by atoms with Crippen LogP contribution in [0.15, 0.2) is 41.7 Å². The van der Waals surface area contributed by atoms with Gasteiger partial charge in [-0.25, -0.2) is 0 Å². The molecular formula is C11H10N2O2. The van der Waals surface area contributed by atoms with Crippen LogP contribution in [0, 0.1) is 11.3 Å². The van der Waals surface area contributed by atoms with Crippen molar-refractivity contribution in [3.8, 4) is 6.07 Å². The predicted molar refractivity (Wildman–Crippen MR) is 56.0 cm³/mol. The maximum absolute atomic E-state index is 11.4. The number of anilines is 1. The predicted octanol–water partition coefficient (Wildman–Crippen LogP) is 1.98. The summed E-state index contributed by atoms with van der Waals surface area (Å²) in [7, 11) is 0. The van der Waals surface area contributed by atoms with Gasteiger partial charge in [-0.2, -0.15) is 5.26 Å². The molecule has 1 aromatic carbocycles. The van der Waals surface area contributed by atoms with Crippen molar-refractivity contribution in [3.63, 3.8) is 0 Å². The van der Waals surface area contributed by atoms with E-state index in [4.69, 9.17) is 10.4 Å². The number of nitrogens with zero attached hydrogens (tertiary/aromatic N) is 1. The zero-order chi connectivity index (χ0) is 11.3. The van der Waals surface area contributed by atoms with Crippen molar-refractivity contribution in [2.24, 2.45) is 0 Å². The topological polar surface area (TPSA) is 73.1 Å². The lowest BCUT2D eigenvalue weighted by molar-refractivity contribution is -0.112. The molecule has 0 bridgehead atoms. The van der Waals surface area contributed by atoms with Crippen LogP contribution in [-0.2, 0) is 4.79 Å². The van der Waals surface area contributed by atoms with E-state index in [1.165, 1.54) is 6.92 Å². The van der Waals surface area contributed by atoms with Crippen LogP contribution >= 0.6 is 0 Å². The van der Waals surface area contributed by atoms with Crippen LogP contribution in [-0.4, -0.2) is 11.0 Å². The fourth-order valence-electron chi connectivity index (χ4n) is 1.01. The van der Waals surface area contributed by atoms with Gasteiger partial charge in [0.2, 0.25) is 0 Å². The van der Waals surface area contributed by atoms with Crippen LogP contribution in [0.1, 0.15) is 6.92 Å². The molecular weight excluding hydrogens is 192 g/mol. The van der Waals surface area contributed by atoms with E-state index in [0.29, 0.717) is 5.69 Å². The number of rotatable bonds is 2. The van der Waals surface area contributed by atoms with E-state index in [1.54, 1.807) is 30.3 Å². The summed E-state index contributed by atoms with van der Waals surface area (Å²) in [5.74, 6) is -0.894. The number of amides is 1. The van der Waals surface area contributed by atoms with E-state index in [0.717, 1.165) is 0 Å². The van der Waals surface area contributed by atoms with Gasteiger partial charge in [0.05, 0.1) is 0 Å². The first-order valence-corrected chi connectivity index (χ1v) is 4.31. The summed E-state index contributed by atoms with van der Waals surface area (Å²) in [6, 6.07) is 10.4. The number of nitrogens with one attached hydrogen (secondary N) is 1. The molecule has 0 aliphatic carbocycles. The maximum Gasteiger partial charge on any atom is 0.269 e. The first-order valence-electron chi connectivity index (χ1n) is 4.31. The number of aliphatic hydroxyl groups excluding tert-OH is 1. The summed E-state index contributed by atoms with van der Waals surface area (Å²) < 4.78 is 0. The number of hydrogen-bond donors (Lipinski definition) is 2. The first kappa shape index (κ1) is 10.8. The lowest BCUT2D eigenvalue weighted by Crippen LogP contribution is -2.14. The van der Waals surface area contributed by atoms with Crippen molar-refractivity contribution in [1.29, 1.82) is 5.26 Å². The van der Waals surface area contributed by atoms with Crippen molar-refractivity contribution >= 4 is 11.6 Å². The Kier molecular flexibility index (Phi) is 3.47. The SMILES string of the molecule is C/C(O)=C(/C#N)C(=O)Nc1ccccc1. The molecule has 0 aliphatic rings. The third kappa shape index (κ3) is 2.85. The number of carbonyl (C=O) groups excluding carboxylic acids is 1. The van der Waals surface area contributed by atoms with Crippen molar-refractivity contribution < 1.29 is 9.90 Å². The lowest BCUT2D eigenvalue weighted by Gasteiger charge is -2.03. The molecule has 15 heavy (non-hydrogen) atoms. The standard InChI is InChI=1S/C11H10N2O2/c1-8(14)10(7-12)11(15)13-9-5-3-2-4-6-9/h2-6,14H,1H3,(H,13,15)/b10-8+. The van der Waals surface area contributed by atoms with Crippen molar-refractivity contribution in [2.45, 2.75) is 6.92 Å². The molecule has 0 saturated carbocycles. The summed E-state index contributed by atoms with van der Waals surface area (Å²) in [5.41, 5.74) is 0.301. The minimum atomic E-state index is -0.608. The normalized spacial score (nSPS) is 11.2. The summed E-state index contributed by atoms with van der Waals surface area (Å²) in [6.45, 7) is 1.29. The lowest BCUT2D eigenvalue weighted by atomic mass is 10.2. The monoisotopic (exact) mass is 202 g/mol. The molecule has 2 N–H and O–H groups in total. The molecule has 0 saturated heterocycles. The van der Waals surface area contributed by atoms with Gasteiger partial charge in [0.15, 0.2) is 5.57 Å². The minimum absolute atomic E-state index is 0.279. The Morgan fingerprint density at radius 1 is 1.40 bits per heavy atom. The van der Waals surface area contributed by atoms with Crippen molar-refractivity contribution in [3.05, 3.63) is 41.7 Å². The van der Waals surface area contributed by atoms with Gasteiger partial charge in [-0.3, -0.25) is 4.79 Å². The minimum Gasteiger partial charge on any atom is -0.511 e. The van der Waals surface area contributed by atoms with Gasteiger partial charge in [-0.05, 0) is 19.1 Å². The highest BCUT2D eigenvalue weighted by Gasteiger charge is 2.11. The quantitative estimate of drug-likeness (QED) is 0.437. The highest BCUT2D eigenvalue weighted by Crippen LogP contribution is 2.08. The third-order valence-corrected chi connectivity index (χ3v) is 1.73. The number of hydrogen-bond acceptors (Lipinski definition) is 3. The molecule has 0 atom stereocenters. The van der Waals surface area contributed by atoms with Crippen LogP contribution in [0.3, 0.4) is 0 Å². The second kappa shape index (κ2) is 4.82. The van der Waals surface area contributed by atoms with Gasteiger partial charge in [-0.1, -0.05) is 18.2 Å². The van der Waals surface area contributed by atoms with E-state index in [9.17, 15) is 4.79 Å². The van der Waals surface area contributed by atoms with E-state index >= 15 is 0 Å². The first-order chi connectivity index (χ1) is 7.15. The molecule has 1 amide bonds. The van der Waals surface area contributed by atoms with Gasteiger partial charge in [0, 0.05) is 5.69 Å². The average molecular weight is 202 g/mol. The van der Waals surface area contributed by atoms with Crippen LogP contribution in [0.4, 0.5) is 5.69 Å². The van der Waals surface area contributed by atoms with Crippen molar-refractivity contribution in [1.82, 2.24) is 0 Å². The third-order valence-electron chi connectivity index (χ3n) is 1.73. The average Bonchev–Trinajstić information content (AvgIpc) is 2.19. The molecule has 4 heteroatoms. The summed E-state index contributed by atoms with van der Waals surface area (Å²) in [4.78, 5) is 11.4. The van der Waals surface area contributed by atoms with E-state index in [1.807, 2.05) is 6.07 Å². The molecule has 0 radical (unpaired) electrons. The van der Waals surface area contributed by atoms with E-state index in [-0.39, 0.29) is 11.3 Å². The summed E-state index contributed by atoms with van der Waals surface area (Å²) >= 11 is 0. The van der Waals surface area contributed by atoms with Crippen LogP contribution in [0.25, 0.3) is 0 Å². The van der Waals surface area contributed by atoms with Crippen molar-refractivity contribution in [2.75, 3.05) is 5.32 Å². The number of allylic oxidation sites excluding steroid dienone is 1. The number of benzene rings is 1. The van der Waals surface area contributed by atoms with E-state index < -0.39 is 5.91 Å². The zero-order valence-electron chi connectivity index (χ0n) is 8.19. The molecule has 0 aliphatic heterocycles. The molecule has 4 nitrogen and oxygen atoms in total. The Hall–Kier alpha value is -2.28. The van der Waals surface area contributed by atoms with Crippen LogP contribution in [0.5, 0.6) is 0 Å².